The molecular weight excluding hydrogens is 417 g/mol. The zero-order valence-electron chi connectivity index (χ0n) is 17.5. The van der Waals surface area contributed by atoms with Gasteiger partial charge < -0.3 is 15.5 Å². The SMILES string of the molecule is CCC(O)Cc1cn(CC(=O)NCc2ccc(-c3ccc(NC(=O)O)cc3F)cc2)nn1. The van der Waals surface area contributed by atoms with E-state index in [9.17, 15) is 19.1 Å². The molecule has 2 aromatic carbocycles. The van der Waals surface area contributed by atoms with E-state index in [0.717, 1.165) is 11.6 Å². The molecule has 3 aromatic rings. The molecule has 1 unspecified atom stereocenters. The second-order valence-electron chi connectivity index (χ2n) is 7.27. The highest BCUT2D eigenvalue weighted by atomic mass is 19.1. The lowest BCUT2D eigenvalue weighted by Crippen LogP contribution is -2.27. The van der Waals surface area contributed by atoms with Crippen molar-refractivity contribution in [1.29, 1.82) is 0 Å². The molecule has 0 radical (unpaired) electrons. The molecule has 2 amide bonds. The van der Waals surface area contributed by atoms with Crippen LogP contribution in [-0.4, -0.2) is 43.3 Å². The standard InChI is InChI=1S/C22H24FN5O4/c1-2-18(29)9-17-12-28(27-26-17)13-21(30)24-11-14-3-5-15(6-4-14)19-8-7-16(10-20(19)23)25-22(31)32/h3-8,10,12,18,25,29H,2,9,11,13H2,1H3,(H,24,30)(H,31,32). The first kappa shape index (κ1) is 22.9. The van der Waals surface area contributed by atoms with E-state index < -0.39 is 18.0 Å². The lowest BCUT2D eigenvalue weighted by atomic mass is 10.0. The summed E-state index contributed by atoms with van der Waals surface area (Å²) in [4.78, 5) is 22.8. The molecule has 0 saturated heterocycles. The number of halogens is 1. The highest BCUT2D eigenvalue weighted by Crippen LogP contribution is 2.25. The molecule has 0 fully saturated rings. The maximum atomic E-state index is 14.3. The van der Waals surface area contributed by atoms with Gasteiger partial charge in [0.05, 0.1) is 11.8 Å². The molecule has 0 aliphatic carbocycles. The highest BCUT2D eigenvalue weighted by molar-refractivity contribution is 5.83. The highest BCUT2D eigenvalue weighted by Gasteiger charge is 2.10. The van der Waals surface area contributed by atoms with Gasteiger partial charge >= 0.3 is 6.09 Å². The van der Waals surface area contributed by atoms with Gasteiger partial charge in [-0.25, -0.2) is 13.9 Å². The fourth-order valence-corrected chi connectivity index (χ4v) is 3.05. The summed E-state index contributed by atoms with van der Waals surface area (Å²) in [6.45, 7) is 2.18. The Kier molecular flexibility index (Phi) is 7.50. The Labute approximate surface area is 183 Å². The van der Waals surface area contributed by atoms with Gasteiger partial charge in [-0.05, 0) is 35.7 Å². The first-order chi connectivity index (χ1) is 15.3. The summed E-state index contributed by atoms with van der Waals surface area (Å²) in [5, 5.41) is 31.1. The van der Waals surface area contributed by atoms with Crippen molar-refractivity contribution >= 4 is 17.7 Å². The average Bonchev–Trinajstić information content (AvgIpc) is 3.19. The third-order valence-corrected chi connectivity index (χ3v) is 4.78. The monoisotopic (exact) mass is 441 g/mol. The number of aromatic nitrogens is 3. The van der Waals surface area contributed by atoms with Crippen molar-refractivity contribution in [2.24, 2.45) is 0 Å². The third kappa shape index (κ3) is 6.35. The predicted octanol–water partition coefficient (Wildman–Crippen LogP) is 2.80. The number of anilines is 1. The predicted molar refractivity (Wildman–Crippen MR) is 115 cm³/mol. The van der Waals surface area contributed by atoms with Crippen LogP contribution < -0.4 is 10.6 Å². The molecule has 168 valence electrons. The van der Waals surface area contributed by atoms with Gasteiger partial charge in [-0.1, -0.05) is 36.4 Å². The number of aliphatic hydroxyl groups is 1. The Morgan fingerprint density at radius 2 is 1.94 bits per heavy atom. The first-order valence-electron chi connectivity index (χ1n) is 10.1. The summed E-state index contributed by atoms with van der Waals surface area (Å²) >= 11 is 0. The molecular formula is C22H24FN5O4. The average molecular weight is 441 g/mol. The summed E-state index contributed by atoms with van der Waals surface area (Å²) in [7, 11) is 0. The minimum atomic E-state index is -1.26. The van der Waals surface area contributed by atoms with Crippen molar-refractivity contribution in [2.45, 2.75) is 39.0 Å². The van der Waals surface area contributed by atoms with Crippen LogP contribution in [0.15, 0.2) is 48.7 Å². The summed E-state index contributed by atoms with van der Waals surface area (Å²) in [6.07, 6.45) is 0.905. The number of hydrogen-bond donors (Lipinski definition) is 4. The first-order valence-corrected chi connectivity index (χ1v) is 10.1. The second-order valence-corrected chi connectivity index (χ2v) is 7.27. The van der Waals surface area contributed by atoms with Crippen LogP contribution in [0.5, 0.6) is 0 Å². The number of carbonyl (C=O) groups excluding carboxylic acids is 1. The fraction of sp³-hybridized carbons (Fsp3) is 0.273. The number of nitrogens with zero attached hydrogens (tertiary/aromatic N) is 3. The van der Waals surface area contributed by atoms with E-state index >= 15 is 0 Å². The zero-order chi connectivity index (χ0) is 23.1. The molecule has 0 bridgehead atoms. The Balaban J connectivity index is 1.54. The van der Waals surface area contributed by atoms with Crippen LogP contribution in [0.2, 0.25) is 0 Å². The number of amides is 2. The van der Waals surface area contributed by atoms with Gasteiger partial charge in [0.25, 0.3) is 0 Å². The number of hydrogen-bond acceptors (Lipinski definition) is 5. The lowest BCUT2D eigenvalue weighted by molar-refractivity contribution is -0.122. The zero-order valence-corrected chi connectivity index (χ0v) is 17.5. The van der Waals surface area contributed by atoms with Crippen molar-refractivity contribution in [3.05, 3.63) is 65.7 Å². The van der Waals surface area contributed by atoms with Crippen LogP contribution in [-0.2, 0) is 24.3 Å². The van der Waals surface area contributed by atoms with Gasteiger partial charge in [0.1, 0.15) is 12.4 Å². The maximum absolute atomic E-state index is 14.3. The molecule has 3 rings (SSSR count). The van der Waals surface area contributed by atoms with Gasteiger partial charge in [-0.2, -0.15) is 0 Å². The van der Waals surface area contributed by atoms with Crippen LogP contribution in [0.25, 0.3) is 11.1 Å². The van der Waals surface area contributed by atoms with Crippen LogP contribution in [0, 0.1) is 5.82 Å². The molecule has 0 aliphatic heterocycles. The lowest BCUT2D eigenvalue weighted by Gasteiger charge is -2.09. The third-order valence-electron chi connectivity index (χ3n) is 4.78. The van der Waals surface area contributed by atoms with E-state index in [1.54, 1.807) is 30.5 Å². The van der Waals surface area contributed by atoms with Crippen molar-refractivity contribution in [3.63, 3.8) is 0 Å². The van der Waals surface area contributed by atoms with Crippen molar-refractivity contribution < 1.29 is 24.2 Å². The normalized spacial score (nSPS) is 11.7. The molecule has 10 heteroatoms. The van der Waals surface area contributed by atoms with Crippen LogP contribution in [0.4, 0.5) is 14.9 Å². The Morgan fingerprint density at radius 3 is 2.59 bits per heavy atom. The molecule has 1 aromatic heterocycles. The summed E-state index contributed by atoms with van der Waals surface area (Å²) < 4.78 is 15.7. The van der Waals surface area contributed by atoms with E-state index in [4.69, 9.17) is 5.11 Å². The minimum Gasteiger partial charge on any atom is -0.465 e. The summed E-state index contributed by atoms with van der Waals surface area (Å²) in [5.41, 5.74) is 2.58. The van der Waals surface area contributed by atoms with E-state index in [1.165, 1.54) is 16.8 Å². The Morgan fingerprint density at radius 1 is 1.19 bits per heavy atom. The Hall–Kier alpha value is -3.79. The largest absolute Gasteiger partial charge is 0.465 e. The van der Waals surface area contributed by atoms with E-state index in [2.05, 4.69) is 20.9 Å². The molecule has 9 nitrogen and oxygen atoms in total. The summed E-state index contributed by atoms with van der Waals surface area (Å²) in [5.74, 6) is -0.787. The van der Waals surface area contributed by atoms with E-state index in [1.807, 2.05) is 6.92 Å². The smallest absolute Gasteiger partial charge is 0.409 e. The van der Waals surface area contributed by atoms with Crippen LogP contribution in [0.3, 0.4) is 0 Å². The molecule has 0 aliphatic rings. The summed E-state index contributed by atoms with van der Waals surface area (Å²) in [6, 6.07) is 11.1. The molecule has 1 atom stereocenters. The van der Waals surface area contributed by atoms with Crippen LogP contribution in [0.1, 0.15) is 24.6 Å². The number of carboxylic acid groups (broad SMARTS) is 1. The number of aliphatic hydroxyl groups excluding tert-OH is 1. The van der Waals surface area contributed by atoms with Crippen LogP contribution >= 0.6 is 0 Å². The number of nitrogens with one attached hydrogen (secondary N) is 2. The quantitative estimate of drug-likeness (QED) is 0.404. The second kappa shape index (κ2) is 10.5. The van der Waals surface area contributed by atoms with Crippen molar-refractivity contribution in [3.8, 4) is 11.1 Å². The topological polar surface area (TPSA) is 129 Å². The van der Waals surface area contributed by atoms with Gasteiger partial charge in [0.15, 0.2) is 0 Å². The van der Waals surface area contributed by atoms with Crippen molar-refractivity contribution in [1.82, 2.24) is 20.3 Å². The minimum absolute atomic E-state index is 0.00917. The molecule has 0 spiro atoms. The molecule has 4 N–H and O–H groups in total. The van der Waals surface area contributed by atoms with Gasteiger partial charge in [-0.15, -0.1) is 5.10 Å². The number of benzene rings is 2. The fourth-order valence-electron chi connectivity index (χ4n) is 3.05. The van der Waals surface area contributed by atoms with Crippen molar-refractivity contribution in [2.75, 3.05) is 5.32 Å². The maximum Gasteiger partial charge on any atom is 0.409 e. The van der Waals surface area contributed by atoms with Gasteiger partial charge in [0, 0.05) is 30.4 Å². The van der Waals surface area contributed by atoms with Gasteiger partial charge in [0.2, 0.25) is 5.91 Å². The number of rotatable bonds is 9. The molecule has 1 heterocycles. The Bertz CT molecular complexity index is 1080. The van der Waals surface area contributed by atoms with E-state index in [-0.39, 0.29) is 18.1 Å². The molecule has 0 saturated carbocycles. The van der Waals surface area contributed by atoms with Gasteiger partial charge in [-0.3, -0.25) is 10.1 Å². The van der Waals surface area contributed by atoms with E-state index in [0.29, 0.717) is 36.2 Å². The number of carbonyl (C=O) groups is 2. The molecule has 32 heavy (non-hydrogen) atoms.